The van der Waals surface area contributed by atoms with Crippen LogP contribution in [0.4, 0.5) is 0 Å². The number of halogens is 1. The summed E-state index contributed by atoms with van der Waals surface area (Å²) < 4.78 is 7.27. The molecule has 8 nitrogen and oxygen atoms in total. The molecule has 4 aromatic rings. The third-order valence-electron chi connectivity index (χ3n) is 5.05. The highest BCUT2D eigenvalue weighted by Crippen LogP contribution is 2.29. The first-order valence-electron chi connectivity index (χ1n) is 11.1. The van der Waals surface area contributed by atoms with Crippen molar-refractivity contribution in [1.82, 2.24) is 20.2 Å². The van der Waals surface area contributed by atoms with E-state index in [9.17, 15) is 9.90 Å². The Balaban J connectivity index is 1.47. The predicted octanol–water partition coefficient (Wildman–Crippen LogP) is 5.24. The second-order valence-electron chi connectivity index (χ2n) is 7.73. The number of aromatic hydroxyl groups is 1. The molecule has 1 heterocycles. The summed E-state index contributed by atoms with van der Waals surface area (Å²) in [4.78, 5) is 12.5. The van der Waals surface area contributed by atoms with Crippen molar-refractivity contribution in [1.29, 1.82) is 0 Å². The molecule has 0 bridgehead atoms. The van der Waals surface area contributed by atoms with Crippen LogP contribution in [0.15, 0.2) is 77.0 Å². The number of amides is 1. The number of benzene rings is 3. The average molecular weight is 522 g/mol. The number of nitrogens with one attached hydrogen (secondary N) is 1. The Labute approximate surface area is 218 Å². The Bertz CT molecular complexity index is 1370. The van der Waals surface area contributed by atoms with Gasteiger partial charge in [0.15, 0.2) is 22.5 Å². The normalized spacial score (nSPS) is 11.1. The molecule has 1 amide bonds. The number of aromatic nitrogens is 3. The zero-order chi connectivity index (χ0) is 25.5. The number of thioether (sulfide) groups is 1. The molecule has 0 aliphatic rings. The van der Waals surface area contributed by atoms with Crippen molar-refractivity contribution in [2.24, 2.45) is 5.10 Å². The molecular weight excluding hydrogens is 498 g/mol. The van der Waals surface area contributed by atoms with E-state index in [0.717, 1.165) is 16.8 Å². The minimum Gasteiger partial charge on any atom is -0.504 e. The van der Waals surface area contributed by atoms with Crippen LogP contribution in [0.2, 0.25) is 5.02 Å². The molecule has 36 heavy (non-hydrogen) atoms. The summed E-state index contributed by atoms with van der Waals surface area (Å²) >= 11 is 7.31. The predicted molar refractivity (Wildman–Crippen MR) is 142 cm³/mol. The van der Waals surface area contributed by atoms with Gasteiger partial charge >= 0.3 is 0 Å². The molecule has 0 fully saturated rings. The third kappa shape index (κ3) is 6.24. The van der Waals surface area contributed by atoms with Crippen LogP contribution in [-0.4, -0.2) is 44.4 Å². The summed E-state index contributed by atoms with van der Waals surface area (Å²) in [7, 11) is 0. The lowest BCUT2D eigenvalue weighted by Crippen LogP contribution is -2.20. The highest BCUT2D eigenvalue weighted by atomic mass is 35.5. The van der Waals surface area contributed by atoms with Gasteiger partial charge in [0.05, 0.1) is 18.6 Å². The van der Waals surface area contributed by atoms with Crippen LogP contribution in [-0.2, 0) is 4.79 Å². The van der Waals surface area contributed by atoms with Gasteiger partial charge in [-0.05, 0) is 74.0 Å². The van der Waals surface area contributed by atoms with Gasteiger partial charge in [0, 0.05) is 16.3 Å². The minimum atomic E-state index is -0.299. The van der Waals surface area contributed by atoms with Gasteiger partial charge in [-0.1, -0.05) is 41.1 Å². The number of nitrogens with zero attached hydrogens (tertiary/aromatic N) is 4. The number of hydrogen-bond acceptors (Lipinski definition) is 7. The van der Waals surface area contributed by atoms with E-state index < -0.39 is 0 Å². The van der Waals surface area contributed by atoms with Gasteiger partial charge in [-0.2, -0.15) is 5.10 Å². The summed E-state index contributed by atoms with van der Waals surface area (Å²) in [5.74, 6) is 0.836. The van der Waals surface area contributed by atoms with Gasteiger partial charge in [-0.3, -0.25) is 9.36 Å². The summed E-state index contributed by atoms with van der Waals surface area (Å²) in [6.07, 6.45) is 1.48. The zero-order valence-electron chi connectivity index (χ0n) is 19.7. The van der Waals surface area contributed by atoms with E-state index in [1.807, 2.05) is 54.8 Å². The van der Waals surface area contributed by atoms with Crippen molar-refractivity contribution < 1.29 is 14.6 Å². The van der Waals surface area contributed by atoms with Crippen LogP contribution in [0.1, 0.15) is 18.1 Å². The Hall–Kier alpha value is -3.82. The van der Waals surface area contributed by atoms with E-state index in [-0.39, 0.29) is 17.4 Å². The van der Waals surface area contributed by atoms with Crippen LogP contribution in [0, 0.1) is 6.92 Å². The number of phenols is 1. The lowest BCUT2D eigenvalue weighted by molar-refractivity contribution is -0.118. The third-order valence-corrected chi connectivity index (χ3v) is 6.23. The van der Waals surface area contributed by atoms with Crippen molar-refractivity contribution >= 4 is 35.5 Å². The molecule has 3 aromatic carbocycles. The Morgan fingerprint density at radius 1 is 1.14 bits per heavy atom. The molecule has 184 valence electrons. The van der Waals surface area contributed by atoms with Crippen LogP contribution >= 0.6 is 23.4 Å². The first-order valence-corrected chi connectivity index (χ1v) is 12.5. The second-order valence-corrected chi connectivity index (χ2v) is 9.10. The maximum absolute atomic E-state index is 12.5. The number of ether oxygens (including phenoxy) is 1. The van der Waals surface area contributed by atoms with E-state index in [2.05, 4.69) is 20.7 Å². The van der Waals surface area contributed by atoms with Gasteiger partial charge in [0.1, 0.15) is 0 Å². The summed E-state index contributed by atoms with van der Waals surface area (Å²) in [5.41, 5.74) is 6.06. The molecule has 4 rings (SSSR count). The van der Waals surface area contributed by atoms with Gasteiger partial charge in [0.2, 0.25) is 0 Å². The monoisotopic (exact) mass is 521 g/mol. The van der Waals surface area contributed by atoms with Crippen molar-refractivity contribution in [3.8, 4) is 28.6 Å². The lowest BCUT2D eigenvalue weighted by Gasteiger charge is -2.10. The van der Waals surface area contributed by atoms with Crippen molar-refractivity contribution in [2.45, 2.75) is 19.0 Å². The van der Waals surface area contributed by atoms with Gasteiger partial charge in [-0.25, -0.2) is 5.43 Å². The van der Waals surface area contributed by atoms with E-state index in [1.165, 1.54) is 24.0 Å². The Kier molecular flexibility index (Phi) is 8.24. The van der Waals surface area contributed by atoms with E-state index >= 15 is 0 Å². The van der Waals surface area contributed by atoms with Crippen molar-refractivity contribution in [2.75, 3.05) is 12.4 Å². The molecule has 2 N–H and O–H groups in total. The maximum atomic E-state index is 12.5. The van der Waals surface area contributed by atoms with Gasteiger partial charge in [0.25, 0.3) is 5.91 Å². The molecule has 1 aromatic heterocycles. The largest absolute Gasteiger partial charge is 0.504 e. The number of carbonyl (C=O) groups excluding carboxylic acids is 1. The van der Waals surface area contributed by atoms with E-state index in [4.69, 9.17) is 16.3 Å². The van der Waals surface area contributed by atoms with Crippen LogP contribution in [0.5, 0.6) is 11.5 Å². The van der Waals surface area contributed by atoms with Crippen molar-refractivity contribution in [3.05, 3.63) is 82.9 Å². The number of rotatable bonds is 9. The molecule has 0 aliphatic carbocycles. The summed E-state index contributed by atoms with van der Waals surface area (Å²) in [6.45, 7) is 4.28. The topological polar surface area (TPSA) is 102 Å². The Morgan fingerprint density at radius 2 is 1.89 bits per heavy atom. The fourth-order valence-electron chi connectivity index (χ4n) is 3.30. The average Bonchev–Trinajstić information content (AvgIpc) is 3.29. The Morgan fingerprint density at radius 3 is 2.61 bits per heavy atom. The highest BCUT2D eigenvalue weighted by Gasteiger charge is 2.17. The molecule has 0 unspecified atom stereocenters. The maximum Gasteiger partial charge on any atom is 0.250 e. The fourth-order valence-corrected chi connectivity index (χ4v) is 4.17. The van der Waals surface area contributed by atoms with Crippen LogP contribution in [0.25, 0.3) is 17.1 Å². The summed E-state index contributed by atoms with van der Waals surface area (Å²) in [5, 5.41) is 23.7. The van der Waals surface area contributed by atoms with E-state index in [0.29, 0.717) is 33.9 Å². The number of carbonyl (C=O) groups is 1. The fraction of sp³-hybridized carbons (Fsp3) is 0.154. The quantitative estimate of drug-likeness (QED) is 0.177. The first-order chi connectivity index (χ1) is 17.4. The molecule has 0 saturated carbocycles. The second kappa shape index (κ2) is 11.7. The number of phenolic OH excluding ortho intramolecular Hbond substituents is 1. The van der Waals surface area contributed by atoms with Crippen molar-refractivity contribution in [3.63, 3.8) is 0 Å². The number of hydrazone groups is 1. The van der Waals surface area contributed by atoms with E-state index in [1.54, 1.807) is 24.3 Å². The molecular formula is C26H24ClN5O3S. The van der Waals surface area contributed by atoms with Gasteiger partial charge < -0.3 is 9.84 Å². The lowest BCUT2D eigenvalue weighted by atomic mass is 10.2. The number of hydrogen-bond donors (Lipinski definition) is 2. The number of aryl methyl sites for hydroxylation is 1. The SMILES string of the molecule is CCOc1cc(C=NNC(=O)CSc2nnc(-c3ccc(Cl)cc3)n2-c2ccc(C)cc2)ccc1O. The molecule has 0 saturated heterocycles. The summed E-state index contributed by atoms with van der Waals surface area (Å²) in [6, 6.07) is 20.2. The molecule has 0 atom stereocenters. The standard InChI is InChI=1S/C26H24ClN5O3S/c1-3-35-23-14-18(6-13-22(23)33)15-28-29-24(34)16-36-26-31-30-25(19-7-9-20(27)10-8-19)32(26)21-11-4-17(2)5-12-21/h4-15,33H,3,16H2,1-2H3,(H,29,34). The minimum absolute atomic E-state index is 0.0464. The van der Waals surface area contributed by atoms with Crippen LogP contribution < -0.4 is 10.2 Å². The highest BCUT2D eigenvalue weighted by molar-refractivity contribution is 7.99. The zero-order valence-corrected chi connectivity index (χ0v) is 21.3. The molecule has 0 spiro atoms. The van der Waals surface area contributed by atoms with Crippen LogP contribution in [0.3, 0.4) is 0 Å². The molecule has 10 heteroatoms. The molecule has 0 radical (unpaired) electrons. The first kappa shape index (κ1) is 25.3. The van der Waals surface area contributed by atoms with Gasteiger partial charge in [-0.15, -0.1) is 10.2 Å². The smallest absolute Gasteiger partial charge is 0.250 e. The molecule has 0 aliphatic heterocycles.